The maximum Gasteiger partial charge on any atom is 0.126 e. The van der Waals surface area contributed by atoms with Gasteiger partial charge in [-0.15, -0.1) is 0 Å². The second-order valence-corrected chi connectivity index (χ2v) is 6.19. The van der Waals surface area contributed by atoms with Gasteiger partial charge in [-0.05, 0) is 47.7 Å². The van der Waals surface area contributed by atoms with Crippen molar-refractivity contribution in [3.63, 3.8) is 0 Å². The number of phenolic OH excluding ortho intramolecular Hbond substituents is 1. The fraction of sp³-hybridized carbons (Fsp3) is 0.217. The summed E-state index contributed by atoms with van der Waals surface area (Å²) in [6.07, 6.45) is 2.98. The molecular formula is C23H24O2. The van der Waals surface area contributed by atoms with Gasteiger partial charge in [0.2, 0.25) is 0 Å². The van der Waals surface area contributed by atoms with E-state index < -0.39 is 0 Å². The molecule has 0 amide bonds. The fourth-order valence-electron chi connectivity index (χ4n) is 3.18. The first-order chi connectivity index (χ1) is 12.2. The number of methoxy groups -OCH3 is 1. The zero-order valence-electron chi connectivity index (χ0n) is 14.8. The lowest BCUT2D eigenvalue weighted by atomic mass is 9.91. The minimum absolute atomic E-state index is 0.357. The lowest BCUT2D eigenvalue weighted by Crippen LogP contribution is -1.95. The van der Waals surface area contributed by atoms with Crippen molar-refractivity contribution in [2.24, 2.45) is 0 Å². The molecule has 3 aromatic rings. The van der Waals surface area contributed by atoms with Crippen LogP contribution in [0.2, 0.25) is 0 Å². The molecule has 1 N–H and O–H groups in total. The number of benzene rings is 3. The highest BCUT2D eigenvalue weighted by Crippen LogP contribution is 2.40. The number of aromatic hydroxyl groups is 1. The van der Waals surface area contributed by atoms with Gasteiger partial charge in [-0.25, -0.2) is 0 Å². The number of para-hydroxylation sites is 1. The van der Waals surface area contributed by atoms with Crippen LogP contribution in [-0.2, 0) is 6.42 Å². The first-order valence-corrected chi connectivity index (χ1v) is 8.79. The third-order valence-corrected chi connectivity index (χ3v) is 4.51. The molecule has 0 aliphatic rings. The molecule has 2 nitrogen and oxygen atoms in total. The second kappa shape index (κ2) is 7.89. The minimum atomic E-state index is 0.357. The minimum Gasteiger partial charge on any atom is -0.508 e. The fourth-order valence-corrected chi connectivity index (χ4v) is 3.18. The Morgan fingerprint density at radius 1 is 0.840 bits per heavy atom. The number of hydrogen-bond donors (Lipinski definition) is 1. The summed E-state index contributed by atoms with van der Waals surface area (Å²) in [6, 6.07) is 22.2. The molecule has 0 spiro atoms. The molecule has 3 rings (SSSR count). The van der Waals surface area contributed by atoms with Crippen molar-refractivity contribution in [1.82, 2.24) is 0 Å². The molecule has 2 heteroatoms. The Balaban J connectivity index is 2.20. The predicted molar refractivity (Wildman–Crippen MR) is 104 cm³/mol. The van der Waals surface area contributed by atoms with Crippen molar-refractivity contribution < 1.29 is 9.84 Å². The Bertz CT molecular complexity index is 838. The Hall–Kier alpha value is -2.74. The first-order valence-electron chi connectivity index (χ1n) is 8.79. The van der Waals surface area contributed by atoms with Gasteiger partial charge in [0.05, 0.1) is 7.11 Å². The van der Waals surface area contributed by atoms with Gasteiger partial charge in [0.25, 0.3) is 0 Å². The molecule has 0 aliphatic carbocycles. The lowest BCUT2D eigenvalue weighted by molar-refractivity contribution is 0.416. The van der Waals surface area contributed by atoms with Crippen molar-refractivity contribution in [2.45, 2.75) is 26.2 Å². The van der Waals surface area contributed by atoms with Crippen LogP contribution in [0.3, 0.4) is 0 Å². The smallest absolute Gasteiger partial charge is 0.126 e. The van der Waals surface area contributed by atoms with E-state index in [1.54, 1.807) is 7.11 Å². The van der Waals surface area contributed by atoms with Crippen molar-refractivity contribution in [3.8, 4) is 33.8 Å². The Morgan fingerprint density at radius 2 is 1.56 bits per heavy atom. The van der Waals surface area contributed by atoms with E-state index >= 15 is 0 Å². The van der Waals surface area contributed by atoms with Gasteiger partial charge in [0.15, 0.2) is 0 Å². The molecular weight excluding hydrogens is 308 g/mol. The molecule has 0 heterocycles. The lowest BCUT2D eigenvalue weighted by Gasteiger charge is -2.17. The number of unbranched alkanes of at least 4 members (excludes halogenated alkanes) is 1. The summed E-state index contributed by atoms with van der Waals surface area (Å²) >= 11 is 0. The average molecular weight is 332 g/mol. The number of rotatable bonds is 6. The molecule has 128 valence electrons. The zero-order chi connectivity index (χ0) is 17.6. The molecule has 0 bridgehead atoms. The largest absolute Gasteiger partial charge is 0.508 e. The molecule has 0 aliphatic heterocycles. The van der Waals surface area contributed by atoms with Crippen LogP contribution in [0.1, 0.15) is 25.3 Å². The SMILES string of the molecule is CCCCc1c(O)cc(-c2ccccc2)cc1-c1ccccc1OC. The van der Waals surface area contributed by atoms with Gasteiger partial charge >= 0.3 is 0 Å². The molecule has 0 radical (unpaired) electrons. The molecule has 25 heavy (non-hydrogen) atoms. The summed E-state index contributed by atoms with van der Waals surface area (Å²) in [5.41, 5.74) is 5.16. The molecule has 0 saturated heterocycles. The van der Waals surface area contributed by atoms with Crippen LogP contribution in [0.4, 0.5) is 0 Å². The molecule has 0 aromatic heterocycles. The maximum atomic E-state index is 10.7. The van der Waals surface area contributed by atoms with Crippen LogP contribution in [0.25, 0.3) is 22.3 Å². The third kappa shape index (κ3) is 3.69. The molecule has 0 atom stereocenters. The maximum absolute atomic E-state index is 10.7. The topological polar surface area (TPSA) is 29.5 Å². The molecule has 0 saturated carbocycles. The van der Waals surface area contributed by atoms with Crippen molar-refractivity contribution in [1.29, 1.82) is 0 Å². The third-order valence-electron chi connectivity index (χ3n) is 4.51. The Kier molecular flexibility index (Phi) is 5.39. The summed E-state index contributed by atoms with van der Waals surface area (Å²) in [6.45, 7) is 2.16. The highest BCUT2D eigenvalue weighted by Gasteiger charge is 2.15. The summed E-state index contributed by atoms with van der Waals surface area (Å²) in [7, 11) is 1.69. The van der Waals surface area contributed by atoms with E-state index in [2.05, 4.69) is 31.2 Å². The van der Waals surface area contributed by atoms with E-state index in [9.17, 15) is 5.11 Å². The van der Waals surface area contributed by atoms with Crippen LogP contribution in [0, 0.1) is 0 Å². The van der Waals surface area contributed by atoms with Gasteiger partial charge in [-0.2, -0.15) is 0 Å². The van der Waals surface area contributed by atoms with Crippen LogP contribution in [-0.4, -0.2) is 12.2 Å². The molecule has 0 unspecified atom stereocenters. The molecule has 3 aromatic carbocycles. The predicted octanol–water partition coefficient (Wildman–Crippen LogP) is 6.08. The summed E-state index contributed by atoms with van der Waals surface area (Å²) in [4.78, 5) is 0. The van der Waals surface area contributed by atoms with Crippen LogP contribution >= 0.6 is 0 Å². The van der Waals surface area contributed by atoms with Gasteiger partial charge in [0.1, 0.15) is 11.5 Å². The highest BCUT2D eigenvalue weighted by molar-refractivity contribution is 5.81. The van der Waals surface area contributed by atoms with Crippen molar-refractivity contribution in [2.75, 3.05) is 7.11 Å². The number of phenols is 1. The van der Waals surface area contributed by atoms with E-state index in [0.29, 0.717) is 5.75 Å². The van der Waals surface area contributed by atoms with E-state index in [1.807, 2.05) is 42.5 Å². The molecule has 0 fully saturated rings. The second-order valence-electron chi connectivity index (χ2n) is 6.19. The van der Waals surface area contributed by atoms with E-state index in [4.69, 9.17) is 4.74 Å². The van der Waals surface area contributed by atoms with E-state index in [0.717, 1.165) is 52.8 Å². The average Bonchev–Trinajstić information content (AvgIpc) is 2.67. The summed E-state index contributed by atoms with van der Waals surface area (Å²) in [5.74, 6) is 1.18. The first kappa shape index (κ1) is 17.1. The van der Waals surface area contributed by atoms with Crippen LogP contribution in [0.15, 0.2) is 66.7 Å². The zero-order valence-corrected chi connectivity index (χ0v) is 14.8. The summed E-state index contributed by atoms with van der Waals surface area (Å²) < 4.78 is 5.56. The van der Waals surface area contributed by atoms with Gasteiger partial charge in [-0.1, -0.05) is 61.9 Å². The number of hydrogen-bond acceptors (Lipinski definition) is 2. The quantitative estimate of drug-likeness (QED) is 0.593. The van der Waals surface area contributed by atoms with Crippen LogP contribution < -0.4 is 4.74 Å². The monoisotopic (exact) mass is 332 g/mol. The summed E-state index contributed by atoms with van der Waals surface area (Å²) in [5, 5.41) is 10.7. The Labute approximate surface area is 149 Å². The van der Waals surface area contributed by atoms with Crippen molar-refractivity contribution >= 4 is 0 Å². The highest BCUT2D eigenvalue weighted by atomic mass is 16.5. The Morgan fingerprint density at radius 3 is 2.28 bits per heavy atom. The number of ether oxygens (including phenoxy) is 1. The van der Waals surface area contributed by atoms with Gasteiger partial charge in [0, 0.05) is 11.1 Å². The van der Waals surface area contributed by atoms with Gasteiger partial charge in [-0.3, -0.25) is 0 Å². The van der Waals surface area contributed by atoms with Crippen LogP contribution in [0.5, 0.6) is 11.5 Å². The normalized spacial score (nSPS) is 10.6. The van der Waals surface area contributed by atoms with Crippen molar-refractivity contribution in [3.05, 3.63) is 72.3 Å². The standard InChI is InChI=1S/C23H24O2/c1-3-4-12-19-21(20-13-8-9-14-23(20)25-2)15-18(16-22(19)24)17-10-6-5-7-11-17/h5-11,13-16,24H,3-4,12H2,1-2H3. The van der Waals surface area contributed by atoms with E-state index in [-0.39, 0.29) is 0 Å². The van der Waals surface area contributed by atoms with Gasteiger partial charge < -0.3 is 9.84 Å². The van der Waals surface area contributed by atoms with E-state index in [1.165, 1.54) is 0 Å².